The van der Waals surface area contributed by atoms with Gasteiger partial charge in [0.05, 0.1) is 24.8 Å². The maximum atomic E-state index is 11.6. The van der Waals surface area contributed by atoms with E-state index in [-0.39, 0.29) is 18.8 Å². The van der Waals surface area contributed by atoms with Crippen molar-refractivity contribution in [3.8, 4) is 6.07 Å². The lowest BCUT2D eigenvalue weighted by Crippen LogP contribution is -2.45. The van der Waals surface area contributed by atoms with Crippen molar-refractivity contribution in [2.24, 2.45) is 0 Å². The van der Waals surface area contributed by atoms with Crippen LogP contribution in [0.4, 0.5) is 0 Å². The van der Waals surface area contributed by atoms with E-state index in [0.29, 0.717) is 6.42 Å². The summed E-state index contributed by atoms with van der Waals surface area (Å²) < 4.78 is 30.1. The normalized spacial score (nSPS) is 14.7. The van der Waals surface area contributed by atoms with Gasteiger partial charge in [-0.25, -0.2) is 8.42 Å². The fourth-order valence-electron chi connectivity index (χ4n) is 1.02. The van der Waals surface area contributed by atoms with Crippen LogP contribution in [0.1, 0.15) is 33.6 Å². The Morgan fingerprint density at radius 3 is 2.47 bits per heavy atom. The van der Waals surface area contributed by atoms with E-state index < -0.39 is 21.5 Å². The number of esters is 1. The first-order chi connectivity index (χ1) is 7.78. The van der Waals surface area contributed by atoms with Crippen LogP contribution in [0.15, 0.2) is 0 Å². The molecule has 0 bridgehead atoms. The molecule has 17 heavy (non-hydrogen) atoms. The van der Waals surface area contributed by atoms with Gasteiger partial charge in [0.1, 0.15) is 5.54 Å². The van der Waals surface area contributed by atoms with Crippen molar-refractivity contribution in [3.63, 3.8) is 0 Å². The van der Waals surface area contributed by atoms with Crippen LogP contribution in [-0.2, 0) is 19.6 Å². The Bertz CT molecular complexity index is 399. The number of hydrogen-bond donors (Lipinski definition) is 1. The second-order valence-corrected chi connectivity index (χ2v) is 5.62. The number of nitrogens with one attached hydrogen (secondary N) is 1. The topological polar surface area (TPSA) is 96.3 Å². The van der Waals surface area contributed by atoms with E-state index in [1.165, 1.54) is 6.92 Å². The lowest BCUT2D eigenvalue weighted by atomic mass is 10.0. The summed E-state index contributed by atoms with van der Waals surface area (Å²) >= 11 is 0. The van der Waals surface area contributed by atoms with Gasteiger partial charge < -0.3 is 4.74 Å². The van der Waals surface area contributed by atoms with Crippen LogP contribution < -0.4 is 4.72 Å². The highest BCUT2D eigenvalue weighted by atomic mass is 32.2. The number of carbonyl (C=O) groups is 1. The van der Waals surface area contributed by atoms with Crippen molar-refractivity contribution in [1.29, 1.82) is 5.26 Å². The summed E-state index contributed by atoms with van der Waals surface area (Å²) in [5.74, 6) is -0.934. The van der Waals surface area contributed by atoms with Crippen LogP contribution >= 0.6 is 0 Å². The molecule has 0 saturated heterocycles. The van der Waals surface area contributed by atoms with E-state index in [1.807, 2.05) is 6.07 Å². The number of nitriles is 1. The van der Waals surface area contributed by atoms with Gasteiger partial charge in [-0.05, 0) is 20.3 Å². The quantitative estimate of drug-likeness (QED) is 0.676. The number of ether oxygens (including phenoxy) is 1. The summed E-state index contributed by atoms with van der Waals surface area (Å²) in [7, 11) is -3.65. The first-order valence-corrected chi connectivity index (χ1v) is 7.02. The van der Waals surface area contributed by atoms with Gasteiger partial charge in [0.25, 0.3) is 0 Å². The SMILES string of the molecule is CCOC(=O)CCS(=O)(=O)NC(C)(C#N)CC. The first-order valence-electron chi connectivity index (χ1n) is 5.37. The van der Waals surface area contributed by atoms with E-state index in [0.717, 1.165) is 0 Å². The molecule has 0 aliphatic carbocycles. The third-order valence-corrected chi connectivity index (χ3v) is 3.72. The van der Waals surface area contributed by atoms with E-state index in [1.54, 1.807) is 13.8 Å². The molecule has 1 unspecified atom stereocenters. The largest absolute Gasteiger partial charge is 0.466 e. The zero-order chi connectivity index (χ0) is 13.5. The average Bonchev–Trinajstić information content (AvgIpc) is 2.26. The lowest BCUT2D eigenvalue weighted by Gasteiger charge is -2.20. The maximum absolute atomic E-state index is 11.6. The smallest absolute Gasteiger partial charge is 0.306 e. The highest BCUT2D eigenvalue weighted by Gasteiger charge is 2.28. The second kappa shape index (κ2) is 6.57. The Morgan fingerprint density at radius 1 is 1.47 bits per heavy atom. The molecule has 0 radical (unpaired) electrons. The minimum atomic E-state index is -3.65. The van der Waals surface area contributed by atoms with Crippen molar-refractivity contribution >= 4 is 16.0 Å². The molecule has 0 rings (SSSR count). The molecule has 0 saturated carbocycles. The van der Waals surface area contributed by atoms with E-state index in [4.69, 9.17) is 5.26 Å². The molecule has 6 nitrogen and oxygen atoms in total. The zero-order valence-corrected chi connectivity index (χ0v) is 11.1. The molecular weight excluding hydrogens is 244 g/mol. The van der Waals surface area contributed by atoms with Gasteiger partial charge in [0, 0.05) is 0 Å². The Kier molecular flexibility index (Phi) is 6.13. The number of hydrogen-bond acceptors (Lipinski definition) is 5. The molecule has 0 aromatic heterocycles. The van der Waals surface area contributed by atoms with Crippen LogP contribution in [0.5, 0.6) is 0 Å². The predicted molar refractivity (Wildman–Crippen MR) is 62.5 cm³/mol. The molecule has 0 heterocycles. The Morgan fingerprint density at radius 2 is 2.06 bits per heavy atom. The minimum absolute atomic E-state index is 0.214. The van der Waals surface area contributed by atoms with Gasteiger partial charge in [-0.3, -0.25) is 4.79 Å². The van der Waals surface area contributed by atoms with E-state index in [2.05, 4.69) is 9.46 Å². The molecule has 0 fully saturated rings. The summed E-state index contributed by atoms with van der Waals surface area (Å²) in [6.45, 7) is 5.07. The monoisotopic (exact) mass is 262 g/mol. The predicted octanol–water partition coefficient (Wildman–Crippen LogP) is 0.551. The van der Waals surface area contributed by atoms with Gasteiger partial charge in [-0.2, -0.15) is 9.98 Å². The van der Waals surface area contributed by atoms with Crippen molar-refractivity contribution in [3.05, 3.63) is 0 Å². The Labute approximate surface area is 102 Å². The van der Waals surface area contributed by atoms with Crippen molar-refractivity contribution in [2.45, 2.75) is 39.2 Å². The molecule has 0 amide bonds. The standard InChI is InChI=1S/C10H18N2O4S/c1-4-10(3,8-11)12-17(14,15)7-6-9(13)16-5-2/h12H,4-7H2,1-3H3. The molecule has 1 N–H and O–H groups in total. The van der Waals surface area contributed by atoms with Crippen LogP contribution in [-0.4, -0.2) is 32.3 Å². The molecular formula is C10H18N2O4S. The van der Waals surface area contributed by atoms with E-state index in [9.17, 15) is 13.2 Å². The summed E-state index contributed by atoms with van der Waals surface area (Å²) in [6.07, 6.45) is 0.135. The molecule has 1 atom stereocenters. The molecule has 0 aliphatic rings. The van der Waals surface area contributed by atoms with Gasteiger partial charge in [-0.15, -0.1) is 0 Å². The number of nitrogens with zero attached hydrogens (tertiary/aromatic N) is 1. The highest BCUT2D eigenvalue weighted by Crippen LogP contribution is 2.09. The molecule has 0 spiro atoms. The van der Waals surface area contributed by atoms with Gasteiger partial charge in [0.2, 0.25) is 10.0 Å². The highest BCUT2D eigenvalue weighted by molar-refractivity contribution is 7.89. The van der Waals surface area contributed by atoms with E-state index >= 15 is 0 Å². The first kappa shape index (κ1) is 15.9. The fraction of sp³-hybridized carbons (Fsp3) is 0.800. The third kappa shape index (κ3) is 6.24. The third-order valence-electron chi connectivity index (χ3n) is 2.21. The summed E-state index contributed by atoms with van der Waals surface area (Å²) in [5, 5.41) is 8.84. The number of sulfonamides is 1. The molecule has 0 aromatic carbocycles. The summed E-state index contributed by atoms with van der Waals surface area (Å²) in [6, 6.07) is 1.89. The van der Waals surface area contributed by atoms with Gasteiger partial charge in [-0.1, -0.05) is 6.92 Å². The van der Waals surface area contributed by atoms with Crippen LogP contribution in [0.2, 0.25) is 0 Å². The average molecular weight is 262 g/mol. The zero-order valence-electron chi connectivity index (χ0n) is 10.3. The number of rotatable bonds is 7. The van der Waals surface area contributed by atoms with Crippen LogP contribution in [0.3, 0.4) is 0 Å². The molecule has 0 aromatic rings. The Balaban J connectivity index is 4.42. The fourth-order valence-corrected chi connectivity index (χ4v) is 2.43. The van der Waals surface area contributed by atoms with Crippen molar-refractivity contribution < 1.29 is 17.9 Å². The molecule has 98 valence electrons. The second-order valence-electron chi connectivity index (χ2n) is 3.77. The van der Waals surface area contributed by atoms with Crippen LogP contribution in [0.25, 0.3) is 0 Å². The van der Waals surface area contributed by atoms with Gasteiger partial charge >= 0.3 is 5.97 Å². The maximum Gasteiger partial charge on any atom is 0.306 e. The van der Waals surface area contributed by atoms with Crippen molar-refractivity contribution in [2.75, 3.05) is 12.4 Å². The van der Waals surface area contributed by atoms with Crippen LogP contribution in [0, 0.1) is 11.3 Å². The number of carbonyl (C=O) groups excluding carboxylic acids is 1. The van der Waals surface area contributed by atoms with Gasteiger partial charge in [0.15, 0.2) is 0 Å². The lowest BCUT2D eigenvalue weighted by molar-refractivity contribution is -0.142. The summed E-state index contributed by atoms with van der Waals surface area (Å²) in [5.41, 5.74) is -1.13. The Hall–Kier alpha value is -1.13. The summed E-state index contributed by atoms with van der Waals surface area (Å²) in [4.78, 5) is 11.0. The molecule has 7 heteroatoms. The van der Waals surface area contributed by atoms with Crippen molar-refractivity contribution in [1.82, 2.24) is 4.72 Å². The minimum Gasteiger partial charge on any atom is -0.466 e. The molecule has 0 aliphatic heterocycles.